The number of phenols is 1. The van der Waals surface area contributed by atoms with Crippen LogP contribution in [0.2, 0.25) is 0 Å². The first-order chi connectivity index (χ1) is 16.6. The fourth-order valence-electron chi connectivity index (χ4n) is 4.74. The number of benzene rings is 2. The van der Waals surface area contributed by atoms with Gasteiger partial charge < -0.3 is 24.2 Å². The first kappa shape index (κ1) is 22.2. The zero-order chi connectivity index (χ0) is 23.7. The molecule has 5 rings (SSSR count). The molecule has 178 valence electrons. The molecule has 34 heavy (non-hydrogen) atoms. The van der Waals surface area contributed by atoms with Gasteiger partial charge in [-0.15, -0.1) is 0 Å². The molecular formula is C25H28N4O5. The minimum atomic E-state index is -0.416. The SMILES string of the molecule is COc1cc(C2c3c(-c4ccccc4)n[nH]c3C(=O)N2CCN2CCOCC2)cc(OC)c1O. The van der Waals surface area contributed by atoms with Gasteiger partial charge in [0.2, 0.25) is 5.75 Å². The summed E-state index contributed by atoms with van der Waals surface area (Å²) in [5, 5.41) is 18.0. The molecular weight excluding hydrogens is 436 g/mol. The maximum absolute atomic E-state index is 13.6. The molecule has 9 nitrogen and oxygen atoms in total. The maximum atomic E-state index is 13.6. The number of methoxy groups -OCH3 is 2. The van der Waals surface area contributed by atoms with Crippen LogP contribution in [0.25, 0.3) is 11.3 Å². The third-order valence-electron chi connectivity index (χ3n) is 6.49. The molecule has 1 atom stereocenters. The first-order valence-electron chi connectivity index (χ1n) is 11.3. The van der Waals surface area contributed by atoms with Crippen LogP contribution >= 0.6 is 0 Å². The van der Waals surface area contributed by atoms with E-state index in [0.717, 1.165) is 42.0 Å². The number of nitrogens with one attached hydrogen (secondary N) is 1. The number of aromatic amines is 1. The van der Waals surface area contributed by atoms with Crippen molar-refractivity contribution in [2.24, 2.45) is 0 Å². The summed E-state index contributed by atoms with van der Waals surface area (Å²) in [7, 11) is 2.99. The van der Waals surface area contributed by atoms with Gasteiger partial charge in [-0.05, 0) is 17.7 Å². The lowest BCUT2D eigenvalue weighted by atomic mass is 9.95. The van der Waals surface area contributed by atoms with Gasteiger partial charge in [-0.2, -0.15) is 5.10 Å². The van der Waals surface area contributed by atoms with Gasteiger partial charge in [-0.3, -0.25) is 14.8 Å². The lowest BCUT2D eigenvalue weighted by molar-refractivity contribution is 0.0316. The van der Waals surface area contributed by atoms with Crippen molar-refractivity contribution < 1.29 is 24.1 Å². The molecule has 0 radical (unpaired) electrons. The minimum Gasteiger partial charge on any atom is -0.502 e. The molecule has 0 saturated carbocycles. The fourth-order valence-corrected chi connectivity index (χ4v) is 4.74. The van der Waals surface area contributed by atoms with E-state index in [0.29, 0.717) is 25.5 Å². The number of aromatic hydroxyl groups is 1. The Bertz CT molecular complexity index is 1150. The van der Waals surface area contributed by atoms with Crippen molar-refractivity contribution in [2.45, 2.75) is 6.04 Å². The monoisotopic (exact) mass is 464 g/mol. The number of amides is 1. The Labute approximate surface area is 197 Å². The Morgan fingerprint density at radius 1 is 1.09 bits per heavy atom. The van der Waals surface area contributed by atoms with Gasteiger partial charge in [0.05, 0.1) is 39.2 Å². The molecule has 2 aliphatic rings. The van der Waals surface area contributed by atoms with Crippen LogP contribution in [0.5, 0.6) is 17.2 Å². The van der Waals surface area contributed by atoms with Crippen LogP contribution in [0.4, 0.5) is 0 Å². The zero-order valence-electron chi connectivity index (χ0n) is 19.3. The van der Waals surface area contributed by atoms with Crippen molar-refractivity contribution in [3.63, 3.8) is 0 Å². The third kappa shape index (κ3) is 3.86. The largest absolute Gasteiger partial charge is 0.502 e. The highest BCUT2D eigenvalue weighted by atomic mass is 16.5. The van der Waals surface area contributed by atoms with Crippen molar-refractivity contribution in [3.8, 4) is 28.5 Å². The third-order valence-corrected chi connectivity index (χ3v) is 6.49. The summed E-state index contributed by atoms with van der Waals surface area (Å²) in [5.74, 6) is 0.392. The number of aromatic nitrogens is 2. The molecule has 1 fully saturated rings. The standard InChI is InChI=1S/C25H28N4O5/c1-32-18-14-17(15-19(33-2)24(18)30)23-20-21(16-6-4-3-5-7-16)26-27-22(20)25(31)29(23)9-8-28-10-12-34-13-11-28/h3-7,14-15,23,30H,8-13H2,1-2H3,(H,26,27). The summed E-state index contributed by atoms with van der Waals surface area (Å²) < 4.78 is 16.3. The number of nitrogens with zero attached hydrogens (tertiary/aromatic N) is 3. The Hall–Kier alpha value is -3.56. The van der Waals surface area contributed by atoms with Crippen LogP contribution in [0.15, 0.2) is 42.5 Å². The molecule has 1 unspecified atom stereocenters. The lowest BCUT2D eigenvalue weighted by Gasteiger charge is -2.31. The number of H-pyrrole nitrogens is 1. The summed E-state index contributed by atoms with van der Waals surface area (Å²) in [5.41, 5.74) is 3.73. The van der Waals surface area contributed by atoms with Gasteiger partial charge in [0, 0.05) is 37.3 Å². The van der Waals surface area contributed by atoms with Crippen LogP contribution in [-0.2, 0) is 4.74 Å². The number of hydrogen-bond acceptors (Lipinski definition) is 7. The molecule has 1 amide bonds. The van der Waals surface area contributed by atoms with E-state index in [1.807, 2.05) is 35.2 Å². The molecule has 3 aromatic rings. The second-order valence-electron chi connectivity index (χ2n) is 8.36. The van der Waals surface area contributed by atoms with Gasteiger partial charge in [0.15, 0.2) is 11.5 Å². The average Bonchev–Trinajstić information content (AvgIpc) is 3.43. The molecule has 2 N–H and O–H groups in total. The summed E-state index contributed by atoms with van der Waals surface area (Å²) in [4.78, 5) is 17.7. The smallest absolute Gasteiger partial charge is 0.273 e. The Kier molecular flexibility index (Phi) is 6.12. The number of hydrogen-bond donors (Lipinski definition) is 2. The van der Waals surface area contributed by atoms with Gasteiger partial charge in [0.1, 0.15) is 5.69 Å². The van der Waals surface area contributed by atoms with Crippen LogP contribution < -0.4 is 9.47 Å². The minimum absolute atomic E-state index is 0.0753. The number of carbonyl (C=O) groups excluding carboxylic acids is 1. The van der Waals surface area contributed by atoms with E-state index in [1.54, 1.807) is 12.1 Å². The molecule has 0 spiro atoms. The van der Waals surface area contributed by atoms with E-state index < -0.39 is 6.04 Å². The molecule has 2 aliphatic heterocycles. The van der Waals surface area contributed by atoms with Crippen molar-refractivity contribution in [1.82, 2.24) is 20.0 Å². The second-order valence-corrected chi connectivity index (χ2v) is 8.36. The predicted octanol–water partition coefficient (Wildman–Crippen LogP) is 2.68. The molecule has 3 heterocycles. The number of phenolic OH excluding ortho intramolecular Hbond substituents is 1. The summed E-state index contributed by atoms with van der Waals surface area (Å²) >= 11 is 0. The van der Waals surface area contributed by atoms with Gasteiger partial charge in [0.25, 0.3) is 5.91 Å². The summed E-state index contributed by atoms with van der Waals surface area (Å²) in [6, 6.07) is 12.9. The van der Waals surface area contributed by atoms with Gasteiger partial charge >= 0.3 is 0 Å². The molecule has 0 aliphatic carbocycles. The number of ether oxygens (including phenoxy) is 3. The molecule has 1 saturated heterocycles. The highest BCUT2D eigenvalue weighted by Gasteiger charge is 2.42. The molecule has 9 heteroatoms. The number of fused-ring (bicyclic) bond motifs is 1. The maximum Gasteiger partial charge on any atom is 0.273 e. The number of morpholine rings is 1. The normalized spacial score (nSPS) is 18.2. The van der Waals surface area contributed by atoms with Crippen molar-refractivity contribution in [2.75, 3.05) is 53.6 Å². The van der Waals surface area contributed by atoms with Crippen molar-refractivity contribution in [3.05, 3.63) is 59.3 Å². The Morgan fingerprint density at radius 3 is 2.41 bits per heavy atom. The van der Waals surface area contributed by atoms with Crippen molar-refractivity contribution >= 4 is 5.91 Å². The zero-order valence-corrected chi connectivity index (χ0v) is 19.3. The van der Waals surface area contributed by atoms with Gasteiger partial charge in [-0.25, -0.2) is 0 Å². The quantitative estimate of drug-likeness (QED) is 0.555. The lowest BCUT2D eigenvalue weighted by Crippen LogP contribution is -2.42. The summed E-state index contributed by atoms with van der Waals surface area (Å²) in [6.07, 6.45) is 0. The van der Waals surface area contributed by atoms with Crippen LogP contribution in [0.3, 0.4) is 0 Å². The topological polar surface area (TPSA) is 100 Å². The Morgan fingerprint density at radius 2 is 1.76 bits per heavy atom. The molecule has 0 bridgehead atoms. The van der Waals surface area contributed by atoms with E-state index in [2.05, 4.69) is 15.1 Å². The molecule has 2 aromatic carbocycles. The van der Waals surface area contributed by atoms with E-state index in [9.17, 15) is 9.90 Å². The van der Waals surface area contributed by atoms with Crippen LogP contribution in [0.1, 0.15) is 27.7 Å². The van der Waals surface area contributed by atoms with Gasteiger partial charge in [-0.1, -0.05) is 30.3 Å². The van der Waals surface area contributed by atoms with Crippen molar-refractivity contribution in [1.29, 1.82) is 0 Å². The van der Waals surface area contributed by atoms with E-state index >= 15 is 0 Å². The highest BCUT2D eigenvalue weighted by molar-refractivity contribution is 6.00. The number of rotatable bonds is 7. The van der Waals surface area contributed by atoms with E-state index in [4.69, 9.17) is 14.2 Å². The Balaban J connectivity index is 1.59. The first-order valence-corrected chi connectivity index (χ1v) is 11.3. The van der Waals surface area contributed by atoms with E-state index in [-0.39, 0.29) is 23.2 Å². The average molecular weight is 465 g/mol. The predicted molar refractivity (Wildman–Crippen MR) is 125 cm³/mol. The second kappa shape index (κ2) is 9.36. The summed E-state index contributed by atoms with van der Waals surface area (Å²) in [6.45, 7) is 4.35. The highest BCUT2D eigenvalue weighted by Crippen LogP contribution is 2.46. The van der Waals surface area contributed by atoms with Crippen LogP contribution in [0, 0.1) is 0 Å². The molecule has 1 aromatic heterocycles. The van der Waals surface area contributed by atoms with Crippen LogP contribution in [-0.4, -0.2) is 84.6 Å². The van der Waals surface area contributed by atoms with E-state index in [1.165, 1.54) is 14.2 Å². The number of carbonyl (C=O) groups is 1. The fraction of sp³-hybridized carbons (Fsp3) is 0.360.